The maximum Gasteiger partial charge on any atom is 0.264 e. The number of ketones is 1. The Labute approximate surface area is 187 Å². The highest BCUT2D eigenvalue weighted by Gasteiger charge is 2.50. The molecule has 0 saturated carbocycles. The number of nitrogens with zero attached hydrogens (tertiary/aromatic N) is 1. The van der Waals surface area contributed by atoms with Crippen molar-refractivity contribution in [3.63, 3.8) is 0 Å². The molecule has 1 N–H and O–H groups in total. The Morgan fingerprint density at radius 3 is 2.56 bits per heavy atom. The number of hydrogen-bond acceptors (Lipinski definition) is 5. The van der Waals surface area contributed by atoms with Gasteiger partial charge in [-0.15, -0.1) is 0 Å². The second-order valence-electron chi connectivity index (χ2n) is 7.80. The van der Waals surface area contributed by atoms with Crippen molar-refractivity contribution in [1.29, 1.82) is 0 Å². The van der Waals surface area contributed by atoms with E-state index in [-0.39, 0.29) is 25.4 Å². The molecule has 0 saturated heterocycles. The molecule has 1 aliphatic rings. The smallest absolute Gasteiger partial charge is 0.264 e. The van der Waals surface area contributed by atoms with Crippen molar-refractivity contribution in [1.82, 2.24) is 0 Å². The van der Waals surface area contributed by atoms with Crippen molar-refractivity contribution in [3.8, 4) is 11.5 Å². The normalized spacial score (nSPS) is 17.2. The van der Waals surface area contributed by atoms with E-state index in [2.05, 4.69) is 0 Å². The van der Waals surface area contributed by atoms with Gasteiger partial charge in [-0.2, -0.15) is 0 Å². The fourth-order valence-electron chi connectivity index (χ4n) is 4.06. The number of hydrogen-bond donors (Lipinski definition) is 1. The first-order valence-corrected chi connectivity index (χ1v) is 10.4. The molecule has 1 amide bonds. The number of aliphatic hydroxyl groups is 1. The lowest BCUT2D eigenvalue weighted by atomic mass is 9.88. The molecular weight excluding hydrogens is 406 g/mol. The molecule has 1 atom stereocenters. The third-order valence-corrected chi connectivity index (χ3v) is 5.64. The second-order valence-corrected chi connectivity index (χ2v) is 7.80. The Morgan fingerprint density at radius 1 is 1.03 bits per heavy atom. The zero-order chi connectivity index (χ0) is 22.7. The van der Waals surface area contributed by atoms with Crippen LogP contribution < -0.4 is 14.4 Å². The SMILES string of the molecule is COc1ccccc1C(=O)CC1(O)C(=O)N(CCOc2cccc(C)c2)c2ccccc21. The number of Topliss-reactive ketones (excluding diaryl/α,β-unsaturated/α-hetero) is 1. The number of carbonyl (C=O) groups is 2. The Hall–Kier alpha value is -3.64. The van der Waals surface area contributed by atoms with Crippen LogP contribution in [0.5, 0.6) is 11.5 Å². The molecule has 32 heavy (non-hydrogen) atoms. The minimum atomic E-state index is -1.95. The third-order valence-electron chi connectivity index (χ3n) is 5.64. The highest BCUT2D eigenvalue weighted by Crippen LogP contribution is 2.43. The zero-order valence-electron chi connectivity index (χ0n) is 18.1. The van der Waals surface area contributed by atoms with E-state index in [1.54, 1.807) is 48.5 Å². The van der Waals surface area contributed by atoms with Gasteiger partial charge in [0.05, 0.1) is 31.3 Å². The average Bonchev–Trinajstić information content (AvgIpc) is 3.01. The van der Waals surface area contributed by atoms with Gasteiger partial charge in [0.25, 0.3) is 5.91 Å². The molecule has 4 rings (SSSR count). The van der Waals surface area contributed by atoms with E-state index in [4.69, 9.17) is 9.47 Å². The van der Waals surface area contributed by atoms with Gasteiger partial charge >= 0.3 is 0 Å². The van der Waals surface area contributed by atoms with Crippen LogP contribution in [0.25, 0.3) is 0 Å². The predicted octanol–water partition coefficient (Wildman–Crippen LogP) is 3.89. The monoisotopic (exact) mass is 431 g/mol. The number of ether oxygens (including phenoxy) is 2. The van der Waals surface area contributed by atoms with Gasteiger partial charge in [0.15, 0.2) is 11.4 Å². The zero-order valence-corrected chi connectivity index (χ0v) is 18.1. The van der Waals surface area contributed by atoms with Crippen molar-refractivity contribution in [2.45, 2.75) is 18.9 Å². The molecular formula is C26H25NO5. The summed E-state index contributed by atoms with van der Waals surface area (Å²) in [4.78, 5) is 27.9. The summed E-state index contributed by atoms with van der Waals surface area (Å²) in [7, 11) is 1.48. The van der Waals surface area contributed by atoms with E-state index in [0.29, 0.717) is 28.3 Å². The van der Waals surface area contributed by atoms with Gasteiger partial charge in [-0.1, -0.05) is 42.5 Å². The van der Waals surface area contributed by atoms with Crippen LogP contribution in [0.4, 0.5) is 5.69 Å². The lowest BCUT2D eigenvalue weighted by Gasteiger charge is -2.23. The fraction of sp³-hybridized carbons (Fsp3) is 0.231. The first-order valence-electron chi connectivity index (χ1n) is 10.4. The van der Waals surface area contributed by atoms with Gasteiger partial charge in [0, 0.05) is 5.56 Å². The van der Waals surface area contributed by atoms with E-state index in [0.717, 1.165) is 5.56 Å². The summed E-state index contributed by atoms with van der Waals surface area (Å²) in [6, 6.07) is 21.4. The van der Waals surface area contributed by atoms with E-state index >= 15 is 0 Å². The molecule has 6 heteroatoms. The number of carbonyl (C=O) groups excluding carboxylic acids is 2. The van der Waals surface area contributed by atoms with Crippen LogP contribution in [0.15, 0.2) is 72.8 Å². The van der Waals surface area contributed by atoms with Crippen molar-refractivity contribution in [2.24, 2.45) is 0 Å². The summed E-state index contributed by atoms with van der Waals surface area (Å²) in [6.07, 6.45) is -0.377. The number of anilines is 1. The maximum atomic E-state index is 13.3. The lowest BCUT2D eigenvalue weighted by Crippen LogP contribution is -2.43. The summed E-state index contributed by atoms with van der Waals surface area (Å²) in [6.45, 7) is 2.47. The van der Waals surface area contributed by atoms with E-state index < -0.39 is 11.5 Å². The highest BCUT2D eigenvalue weighted by molar-refractivity contribution is 6.11. The largest absolute Gasteiger partial charge is 0.496 e. The standard InChI is InChI=1S/C26H25NO5/c1-18-8-7-9-19(16-18)32-15-14-27-22-12-5-4-11-21(22)26(30,25(27)29)17-23(28)20-10-3-6-13-24(20)31-2/h3-13,16,30H,14-15,17H2,1-2H3. The van der Waals surface area contributed by atoms with Crippen molar-refractivity contribution in [2.75, 3.05) is 25.2 Å². The number of rotatable bonds is 8. The molecule has 1 unspecified atom stereocenters. The molecule has 0 spiro atoms. The molecule has 1 heterocycles. The van der Waals surface area contributed by atoms with Crippen LogP contribution in [0, 0.1) is 6.92 Å². The van der Waals surface area contributed by atoms with E-state index in [1.807, 2.05) is 31.2 Å². The molecule has 0 radical (unpaired) electrons. The van der Waals surface area contributed by atoms with Crippen LogP contribution in [-0.4, -0.2) is 37.1 Å². The molecule has 0 bridgehead atoms. The summed E-state index contributed by atoms with van der Waals surface area (Å²) in [5.41, 5.74) is 0.464. The number of fused-ring (bicyclic) bond motifs is 1. The van der Waals surface area contributed by atoms with E-state index in [1.165, 1.54) is 12.0 Å². The van der Waals surface area contributed by atoms with Crippen LogP contribution in [0.2, 0.25) is 0 Å². The van der Waals surface area contributed by atoms with Gasteiger partial charge in [-0.25, -0.2) is 0 Å². The van der Waals surface area contributed by atoms with Crippen LogP contribution >= 0.6 is 0 Å². The Bertz CT molecular complexity index is 1160. The summed E-state index contributed by atoms with van der Waals surface area (Å²) in [5, 5.41) is 11.4. The van der Waals surface area contributed by atoms with Gasteiger partial charge in [0.2, 0.25) is 0 Å². The topological polar surface area (TPSA) is 76.1 Å². The summed E-state index contributed by atoms with van der Waals surface area (Å²) < 4.78 is 11.1. The minimum Gasteiger partial charge on any atom is -0.496 e. The van der Waals surface area contributed by atoms with Crippen molar-refractivity contribution < 1.29 is 24.2 Å². The quantitative estimate of drug-likeness (QED) is 0.548. The molecule has 3 aromatic rings. The first kappa shape index (κ1) is 21.6. The molecule has 0 aromatic heterocycles. The third kappa shape index (κ3) is 3.97. The van der Waals surface area contributed by atoms with E-state index in [9.17, 15) is 14.7 Å². The summed E-state index contributed by atoms with van der Waals surface area (Å²) >= 11 is 0. The molecule has 1 aliphatic heterocycles. The summed E-state index contributed by atoms with van der Waals surface area (Å²) in [5.74, 6) is 0.218. The number of aryl methyl sites for hydroxylation is 1. The average molecular weight is 431 g/mol. The fourth-order valence-corrected chi connectivity index (χ4v) is 4.06. The molecule has 0 aliphatic carbocycles. The predicted molar refractivity (Wildman–Crippen MR) is 121 cm³/mol. The van der Waals surface area contributed by atoms with Crippen LogP contribution in [-0.2, 0) is 10.4 Å². The molecule has 6 nitrogen and oxygen atoms in total. The van der Waals surface area contributed by atoms with Gasteiger partial charge in [-0.05, 0) is 42.8 Å². The van der Waals surface area contributed by atoms with Crippen LogP contribution in [0.3, 0.4) is 0 Å². The Kier molecular flexibility index (Phi) is 5.97. The number of para-hydroxylation sites is 2. The van der Waals surface area contributed by atoms with Crippen LogP contribution in [0.1, 0.15) is 27.9 Å². The maximum absolute atomic E-state index is 13.3. The Balaban J connectivity index is 1.55. The second kappa shape index (κ2) is 8.85. The Morgan fingerprint density at radius 2 is 1.78 bits per heavy atom. The number of benzene rings is 3. The number of methoxy groups -OCH3 is 1. The highest BCUT2D eigenvalue weighted by atomic mass is 16.5. The van der Waals surface area contributed by atoms with Gasteiger partial charge in [-0.3, -0.25) is 9.59 Å². The number of amides is 1. The van der Waals surface area contributed by atoms with Gasteiger partial charge < -0.3 is 19.5 Å². The minimum absolute atomic E-state index is 0.245. The lowest BCUT2D eigenvalue weighted by molar-refractivity contribution is -0.135. The van der Waals surface area contributed by atoms with Crippen molar-refractivity contribution >= 4 is 17.4 Å². The molecule has 164 valence electrons. The first-order chi connectivity index (χ1) is 15.4. The molecule has 0 fully saturated rings. The van der Waals surface area contributed by atoms with Gasteiger partial charge in [0.1, 0.15) is 18.1 Å². The van der Waals surface area contributed by atoms with Crippen molar-refractivity contribution in [3.05, 3.63) is 89.5 Å². The molecule has 3 aromatic carbocycles.